The van der Waals surface area contributed by atoms with Crippen LogP contribution in [0.5, 0.6) is 0 Å². The number of hydrogen-bond acceptors (Lipinski definition) is 4. The Hall–Kier alpha value is 2.71. The first-order valence-corrected chi connectivity index (χ1v) is 5.82. The molecular formula is C6H19KN2NaO3P. The molecule has 0 saturated heterocycles. The molecule has 0 radical (unpaired) electrons. The summed E-state index contributed by atoms with van der Waals surface area (Å²) in [6.07, 6.45) is 1.77. The van der Waals surface area contributed by atoms with Crippen LogP contribution < -0.4 is 11.2 Å². The quantitative estimate of drug-likeness (QED) is 0.240. The Balaban J connectivity index is -0.000000605. The predicted molar refractivity (Wildman–Crippen MR) is 62.0 cm³/mol. The first-order chi connectivity index (χ1) is 5.62. The molecule has 0 saturated carbocycles. The monoisotopic (exact) mass is 260 g/mol. The fraction of sp³-hybridized carbons (Fsp3) is 1.00. The topological polar surface area (TPSA) is 84.6 Å². The molecule has 0 aliphatic rings. The molecule has 0 bridgehead atoms. The van der Waals surface area contributed by atoms with Crippen LogP contribution in [0, 0.1) is 0 Å². The van der Waals surface area contributed by atoms with Crippen molar-refractivity contribution >= 4 is 88.5 Å². The predicted octanol–water partition coefficient (Wildman–Crippen LogP) is -0.845. The van der Waals surface area contributed by atoms with Crippen LogP contribution in [0.1, 0.15) is 19.8 Å². The number of nitrogens with one attached hydrogen (secondary N) is 1. The summed E-state index contributed by atoms with van der Waals surface area (Å²) < 4.78 is 15.6. The fourth-order valence-electron chi connectivity index (χ4n) is 0.609. The van der Waals surface area contributed by atoms with E-state index in [0.717, 1.165) is 6.42 Å². The fourth-order valence-corrected chi connectivity index (χ4v) is 1.71. The molecule has 1 unspecified atom stereocenters. The standard InChI is InChI=1S/C6H17N2O3P.K.Na.2H/c1-2-3-6-12(9,10)11-8-5-4-7;;;;/h8H,2-7H2,1H3,(H,9,10);;;;. The Morgan fingerprint density at radius 1 is 1.57 bits per heavy atom. The van der Waals surface area contributed by atoms with Crippen molar-refractivity contribution in [3.63, 3.8) is 0 Å². The third-order valence-electron chi connectivity index (χ3n) is 1.25. The normalized spacial score (nSPS) is 13.6. The molecule has 0 spiro atoms. The SMILES string of the molecule is CCCCP(=O)(O)ONCCN.[KH].[NaH]. The van der Waals surface area contributed by atoms with Gasteiger partial charge in [-0.05, 0) is 6.42 Å². The van der Waals surface area contributed by atoms with Crippen LogP contribution in [0.4, 0.5) is 0 Å². The van der Waals surface area contributed by atoms with Crippen molar-refractivity contribution in [3.8, 4) is 0 Å². The van der Waals surface area contributed by atoms with Gasteiger partial charge in [0.25, 0.3) is 0 Å². The molecule has 4 N–H and O–H groups in total. The van der Waals surface area contributed by atoms with Crippen LogP contribution in [0.25, 0.3) is 0 Å². The second kappa shape index (κ2) is 13.8. The summed E-state index contributed by atoms with van der Waals surface area (Å²) in [4.78, 5) is 9.10. The Kier molecular flexibility index (Phi) is 21.6. The van der Waals surface area contributed by atoms with Gasteiger partial charge in [-0.2, -0.15) is 5.48 Å². The molecule has 1 atom stereocenters. The molecule has 0 aromatic carbocycles. The van der Waals surface area contributed by atoms with Crippen molar-refractivity contribution in [2.45, 2.75) is 19.8 Å². The van der Waals surface area contributed by atoms with Crippen molar-refractivity contribution < 1.29 is 14.1 Å². The van der Waals surface area contributed by atoms with Crippen molar-refractivity contribution in [2.24, 2.45) is 5.73 Å². The third kappa shape index (κ3) is 14.7. The Bertz CT molecular complexity index is 164. The summed E-state index contributed by atoms with van der Waals surface area (Å²) in [5, 5.41) is 0. The molecule has 8 heteroatoms. The molecule has 0 heterocycles. The Labute approximate surface area is 150 Å². The van der Waals surface area contributed by atoms with Gasteiger partial charge >= 0.3 is 88.5 Å². The van der Waals surface area contributed by atoms with E-state index >= 15 is 0 Å². The number of hydrogen-bond donors (Lipinski definition) is 3. The molecule has 0 rings (SSSR count). The van der Waals surface area contributed by atoms with Gasteiger partial charge in [0.15, 0.2) is 0 Å². The number of hydroxylamine groups is 1. The molecular weight excluding hydrogens is 241 g/mol. The van der Waals surface area contributed by atoms with Gasteiger partial charge in [-0.15, -0.1) is 0 Å². The summed E-state index contributed by atoms with van der Waals surface area (Å²) in [6.45, 7) is 2.72. The van der Waals surface area contributed by atoms with Crippen LogP contribution in [0.15, 0.2) is 0 Å². The van der Waals surface area contributed by atoms with Gasteiger partial charge in [0.2, 0.25) is 0 Å². The maximum atomic E-state index is 11.1. The van der Waals surface area contributed by atoms with E-state index < -0.39 is 7.60 Å². The van der Waals surface area contributed by atoms with Crippen molar-refractivity contribution in [1.82, 2.24) is 5.48 Å². The van der Waals surface area contributed by atoms with E-state index in [-0.39, 0.29) is 87.1 Å². The van der Waals surface area contributed by atoms with Gasteiger partial charge in [-0.25, -0.2) is 4.62 Å². The van der Waals surface area contributed by atoms with Crippen molar-refractivity contribution in [1.29, 1.82) is 0 Å². The van der Waals surface area contributed by atoms with Gasteiger partial charge in [0.05, 0.1) is 6.16 Å². The van der Waals surface area contributed by atoms with E-state index in [1.807, 2.05) is 6.92 Å². The second-order valence-corrected chi connectivity index (χ2v) is 4.39. The van der Waals surface area contributed by atoms with Crippen LogP contribution in [-0.2, 0) is 9.19 Å². The van der Waals surface area contributed by atoms with Gasteiger partial charge in [0, 0.05) is 13.1 Å². The van der Waals surface area contributed by atoms with E-state index in [0.29, 0.717) is 19.5 Å². The summed E-state index contributed by atoms with van der Waals surface area (Å²) in [5.41, 5.74) is 7.49. The average Bonchev–Trinajstić information content (AvgIpc) is 2.01. The molecule has 14 heavy (non-hydrogen) atoms. The average molecular weight is 260 g/mol. The van der Waals surface area contributed by atoms with Crippen LogP contribution >= 0.6 is 7.60 Å². The zero-order valence-corrected chi connectivity index (χ0v) is 8.22. The van der Waals surface area contributed by atoms with Crippen molar-refractivity contribution in [3.05, 3.63) is 0 Å². The molecule has 78 valence electrons. The van der Waals surface area contributed by atoms with E-state index in [9.17, 15) is 4.57 Å². The van der Waals surface area contributed by atoms with E-state index in [1.165, 1.54) is 0 Å². The molecule has 0 aliphatic heterocycles. The number of nitrogens with two attached hydrogens (primary N) is 1. The zero-order valence-electron chi connectivity index (χ0n) is 7.32. The van der Waals surface area contributed by atoms with Crippen LogP contribution in [0.3, 0.4) is 0 Å². The molecule has 5 nitrogen and oxygen atoms in total. The second-order valence-electron chi connectivity index (χ2n) is 2.49. The minimum absolute atomic E-state index is 0. The number of rotatable bonds is 7. The van der Waals surface area contributed by atoms with E-state index in [2.05, 4.69) is 10.1 Å². The van der Waals surface area contributed by atoms with E-state index in [4.69, 9.17) is 10.6 Å². The molecule has 0 aliphatic carbocycles. The summed E-state index contributed by atoms with van der Waals surface area (Å²) >= 11 is 0. The summed E-state index contributed by atoms with van der Waals surface area (Å²) in [5.74, 6) is 0. The minimum atomic E-state index is -3.41. The Morgan fingerprint density at radius 3 is 2.57 bits per heavy atom. The first-order valence-electron chi connectivity index (χ1n) is 4.05. The van der Waals surface area contributed by atoms with Gasteiger partial charge in [0.1, 0.15) is 0 Å². The zero-order chi connectivity index (χ0) is 9.45. The third-order valence-corrected chi connectivity index (χ3v) is 2.54. The molecule has 0 aromatic heterocycles. The molecule has 0 fully saturated rings. The maximum absolute atomic E-state index is 11.1. The van der Waals surface area contributed by atoms with Gasteiger partial charge in [-0.1, -0.05) is 13.3 Å². The Morgan fingerprint density at radius 2 is 2.14 bits per heavy atom. The molecule has 0 amide bonds. The van der Waals surface area contributed by atoms with Crippen LogP contribution in [-0.4, -0.2) is 105 Å². The summed E-state index contributed by atoms with van der Waals surface area (Å²) in [7, 11) is -3.41. The van der Waals surface area contributed by atoms with Gasteiger partial charge in [-0.3, -0.25) is 4.57 Å². The first kappa shape index (κ1) is 21.9. The van der Waals surface area contributed by atoms with Crippen LogP contribution in [0.2, 0.25) is 0 Å². The van der Waals surface area contributed by atoms with E-state index in [1.54, 1.807) is 0 Å². The van der Waals surface area contributed by atoms with Crippen molar-refractivity contribution in [2.75, 3.05) is 19.3 Å². The summed E-state index contributed by atoms with van der Waals surface area (Å²) in [6, 6.07) is 0. The molecule has 0 aromatic rings. The number of unbranched alkanes of at least 4 members (excludes halogenated alkanes) is 1. The van der Waals surface area contributed by atoms with Gasteiger partial charge < -0.3 is 10.6 Å².